The smallest absolute Gasteiger partial charge is 0.222 e. The van der Waals surface area contributed by atoms with Gasteiger partial charge in [0.1, 0.15) is 0 Å². The van der Waals surface area contributed by atoms with Crippen LogP contribution in [-0.4, -0.2) is 23.9 Å². The third-order valence-corrected chi connectivity index (χ3v) is 2.40. The number of amides is 1. The van der Waals surface area contributed by atoms with E-state index in [-0.39, 0.29) is 0 Å². The maximum atomic E-state index is 11.2. The van der Waals surface area contributed by atoms with Crippen LogP contribution in [0.2, 0.25) is 0 Å². The maximum absolute atomic E-state index is 11.2. The van der Waals surface area contributed by atoms with E-state index in [2.05, 4.69) is 13.8 Å². The summed E-state index contributed by atoms with van der Waals surface area (Å²) in [6.45, 7) is 6.33. The normalized spacial score (nSPS) is 20.9. The lowest BCUT2D eigenvalue weighted by molar-refractivity contribution is -0.128. The van der Waals surface area contributed by atoms with Crippen LogP contribution in [0.3, 0.4) is 0 Å². The Morgan fingerprint density at radius 1 is 1.64 bits per heavy atom. The molecule has 2 nitrogen and oxygen atoms in total. The molecule has 0 radical (unpaired) electrons. The summed E-state index contributed by atoms with van der Waals surface area (Å²) in [5.74, 6) is 1.02. The molecule has 1 saturated heterocycles. The van der Waals surface area contributed by atoms with Gasteiger partial charge in [0.05, 0.1) is 0 Å². The molecule has 0 aliphatic carbocycles. The topological polar surface area (TPSA) is 20.3 Å². The van der Waals surface area contributed by atoms with Crippen molar-refractivity contribution in [2.45, 2.75) is 33.1 Å². The molecule has 1 amide bonds. The fraction of sp³-hybridized carbons (Fsp3) is 0.889. The molecule has 1 aliphatic heterocycles. The van der Waals surface area contributed by atoms with Gasteiger partial charge in [0.2, 0.25) is 5.91 Å². The number of hydrogen-bond acceptors (Lipinski definition) is 1. The van der Waals surface area contributed by atoms with Crippen molar-refractivity contribution < 1.29 is 4.79 Å². The lowest BCUT2D eigenvalue weighted by Gasteiger charge is -2.19. The second-order valence-electron chi connectivity index (χ2n) is 3.46. The summed E-state index contributed by atoms with van der Waals surface area (Å²) in [5.41, 5.74) is 0. The van der Waals surface area contributed by atoms with Crippen molar-refractivity contribution >= 4 is 5.91 Å². The summed E-state index contributed by atoms with van der Waals surface area (Å²) in [7, 11) is 0. The fourth-order valence-electron chi connectivity index (χ4n) is 1.40. The summed E-state index contributed by atoms with van der Waals surface area (Å²) in [6.07, 6.45) is 3.01. The van der Waals surface area contributed by atoms with Crippen molar-refractivity contribution in [2.24, 2.45) is 5.92 Å². The summed E-state index contributed by atoms with van der Waals surface area (Å²) >= 11 is 0. The number of hydrogen-bond donors (Lipinski definition) is 0. The lowest BCUT2D eigenvalue weighted by Crippen LogP contribution is -2.29. The Balaban J connectivity index is 2.30. The molecule has 1 fully saturated rings. The van der Waals surface area contributed by atoms with Crippen LogP contribution in [0.5, 0.6) is 0 Å². The van der Waals surface area contributed by atoms with Crippen molar-refractivity contribution in [1.82, 2.24) is 4.90 Å². The largest absolute Gasteiger partial charge is 0.342 e. The fourth-order valence-corrected chi connectivity index (χ4v) is 1.40. The molecule has 0 bridgehead atoms. The average Bonchev–Trinajstić information content (AvgIpc) is 2.37. The van der Waals surface area contributed by atoms with Gasteiger partial charge in [0.25, 0.3) is 0 Å². The predicted octanol–water partition coefficient (Wildman–Crippen LogP) is 1.65. The number of rotatable bonds is 3. The standard InChI is InChI=1S/C9H17NO/c1-3-8(2)7-10-6-4-5-9(10)11/h8H,3-7H2,1-2H3. The van der Waals surface area contributed by atoms with E-state index in [4.69, 9.17) is 0 Å². The number of carbonyl (C=O) groups is 1. The van der Waals surface area contributed by atoms with Crippen LogP contribution >= 0.6 is 0 Å². The zero-order valence-electron chi connectivity index (χ0n) is 7.47. The highest BCUT2D eigenvalue weighted by Gasteiger charge is 2.20. The Hall–Kier alpha value is -0.530. The molecule has 2 heteroatoms. The minimum atomic E-state index is 0.352. The SMILES string of the molecule is CCC(C)CN1CCCC1=O. The highest BCUT2D eigenvalue weighted by molar-refractivity contribution is 5.78. The molecule has 1 rings (SSSR count). The lowest BCUT2D eigenvalue weighted by atomic mass is 10.1. The Morgan fingerprint density at radius 3 is 2.82 bits per heavy atom. The molecule has 1 aliphatic rings. The Morgan fingerprint density at radius 2 is 2.36 bits per heavy atom. The summed E-state index contributed by atoms with van der Waals surface area (Å²) in [6, 6.07) is 0. The van der Waals surface area contributed by atoms with Crippen LogP contribution in [0.4, 0.5) is 0 Å². The average molecular weight is 155 g/mol. The summed E-state index contributed by atoms with van der Waals surface area (Å²) in [4.78, 5) is 13.1. The van der Waals surface area contributed by atoms with E-state index in [1.807, 2.05) is 4.90 Å². The molecular weight excluding hydrogens is 138 g/mol. The molecule has 1 unspecified atom stereocenters. The summed E-state index contributed by atoms with van der Waals surface area (Å²) in [5, 5.41) is 0. The van der Waals surface area contributed by atoms with Gasteiger partial charge < -0.3 is 4.90 Å². The van der Waals surface area contributed by atoms with E-state index >= 15 is 0 Å². The molecule has 0 spiro atoms. The van der Waals surface area contributed by atoms with E-state index in [9.17, 15) is 4.79 Å². The van der Waals surface area contributed by atoms with Crippen LogP contribution < -0.4 is 0 Å². The first kappa shape index (κ1) is 8.57. The van der Waals surface area contributed by atoms with Crippen molar-refractivity contribution in [3.63, 3.8) is 0 Å². The van der Waals surface area contributed by atoms with Crippen LogP contribution in [0.15, 0.2) is 0 Å². The van der Waals surface area contributed by atoms with Crippen molar-refractivity contribution in [3.05, 3.63) is 0 Å². The van der Waals surface area contributed by atoms with Gasteiger partial charge in [-0.2, -0.15) is 0 Å². The zero-order valence-corrected chi connectivity index (χ0v) is 7.47. The van der Waals surface area contributed by atoms with Gasteiger partial charge in [-0.1, -0.05) is 20.3 Å². The molecule has 0 aromatic carbocycles. The highest BCUT2D eigenvalue weighted by atomic mass is 16.2. The van der Waals surface area contributed by atoms with Crippen LogP contribution in [-0.2, 0) is 4.79 Å². The first-order valence-electron chi connectivity index (χ1n) is 4.51. The van der Waals surface area contributed by atoms with Crippen LogP contribution in [0, 0.1) is 5.92 Å². The molecule has 11 heavy (non-hydrogen) atoms. The molecule has 64 valence electrons. The minimum absolute atomic E-state index is 0.352. The maximum Gasteiger partial charge on any atom is 0.222 e. The van der Waals surface area contributed by atoms with E-state index < -0.39 is 0 Å². The van der Waals surface area contributed by atoms with Crippen molar-refractivity contribution in [3.8, 4) is 0 Å². The van der Waals surface area contributed by atoms with Gasteiger partial charge in [0, 0.05) is 19.5 Å². The zero-order chi connectivity index (χ0) is 8.27. The third kappa shape index (κ3) is 2.21. The molecule has 0 aromatic heterocycles. The Bertz CT molecular complexity index is 144. The molecular formula is C9H17NO. The molecule has 1 heterocycles. The van der Waals surface area contributed by atoms with Gasteiger partial charge in [-0.15, -0.1) is 0 Å². The van der Waals surface area contributed by atoms with Crippen LogP contribution in [0.1, 0.15) is 33.1 Å². The van der Waals surface area contributed by atoms with Gasteiger partial charge >= 0.3 is 0 Å². The minimum Gasteiger partial charge on any atom is -0.342 e. The molecule has 0 saturated carbocycles. The first-order chi connectivity index (χ1) is 5.24. The second-order valence-corrected chi connectivity index (χ2v) is 3.46. The highest BCUT2D eigenvalue weighted by Crippen LogP contribution is 2.13. The Labute approximate surface area is 68.6 Å². The molecule has 1 atom stereocenters. The number of nitrogens with zero attached hydrogens (tertiary/aromatic N) is 1. The molecule has 0 N–H and O–H groups in total. The van der Waals surface area contributed by atoms with E-state index in [1.54, 1.807) is 0 Å². The number of carbonyl (C=O) groups excluding carboxylic acids is 1. The van der Waals surface area contributed by atoms with Gasteiger partial charge in [-0.25, -0.2) is 0 Å². The quantitative estimate of drug-likeness (QED) is 0.607. The van der Waals surface area contributed by atoms with Crippen LogP contribution in [0.25, 0.3) is 0 Å². The van der Waals surface area contributed by atoms with Crippen molar-refractivity contribution in [2.75, 3.05) is 13.1 Å². The molecule has 0 aromatic rings. The van der Waals surface area contributed by atoms with Gasteiger partial charge in [0.15, 0.2) is 0 Å². The van der Waals surface area contributed by atoms with Gasteiger partial charge in [-0.05, 0) is 12.3 Å². The summed E-state index contributed by atoms with van der Waals surface area (Å²) < 4.78 is 0. The predicted molar refractivity (Wildman–Crippen MR) is 45.3 cm³/mol. The van der Waals surface area contributed by atoms with Gasteiger partial charge in [-0.3, -0.25) is 4.79 Å². The monoisotopic (exact) mass is 155 g/mol. The van der Waals surface area contributed by atoms with Crippen molar-refractivity contribution in [1.29, 1.82) is 0 Å². The Kier molecular flexibility index (Phi) is 2.92. The van der Waals surface area contributed by atoms with E-state index in [0.29, 0.717) is 11.8 Å². The number of likely N-dealkylation sites (tertiary alicyclic amines) is 1. The third-order valence-electron chi connectivity index (χ3n) is 2.40. The first-order valence-corrected chi connectivity index (χ1v) is 4.51. The van der Waals surface area contributed by atoms with E-state index in [0.717, 1.165) is 25.9 Å². The second kappa shape index (κ2) is 3.74. The van der Waals surface area contributed by atoms with E-state index in [1.165, 1.54) is 6.42 Å².